The summed E-state index contributed by atoms with van der Waals surface area (Å²) in [6.07, 6.45) is 2.81. The average molecular weight is 640 g/mol. The molecule has 1 atom stereocenters. The van der Waals surface area contributed by atoms with Crippen LogP contribution in [0, 0.1) is 15.5 Å². The number of nitrogens with one attached hydrogen (secondary N) is 2. The van der Waals surface area contributed by atoms with Crippen molar-refractivity contribution in [3.63, 3.8) is 0 Å². The predicted molar refractivity (Wildman–Crippen MR) is 177 cm³/mol. The molecule has 1 aliphatic rings. The van der Waals surface area contributed by atoms with Crippen molar-refractivity contribution in [3.8, 4) is 0 Å². The van der Waals surface area contributed by atoms with Crippen molar-refractivity contribution in [2.75, 3.05) is 49.7 Å². The summed E-state index contributed by atoms with van der Waals surface area (Å²) in [6, 6.07) is 20.0. The molecule has 4 rings (SSSR count). The number of nitro benzene ring substituents is 1. The first kappa shape index (κ1) is 33.3. The Morgan fingerprint density at radius 1 is 1.05 bits per heavy atom. The van der Waals surface area contributed by atoms with Crippen LogP contribution in [0.5, 0.6) is 0 Å². The van der Waals surface area contributed by atoms with Crippen molar-refractivity contribution in [2.45, 2.75) is 48.9 Å². The highest BCUT2D eigenvalue weighted by Crippen LogP contribution is 2.33. The molecule has 1 fully saturated rings. The normalized spacial score (nSPS) is 15.5. The summed E-state index contributed by atoms with van der Waals surface area (Å²) in [5.74, 6) is -0.166. The van der Waals surface area contributed by atoms with Gasteiger partial charge in [0.25, 0.3) is 21.6 Å². The zero-order chi connectivity index (χ0) is 31.9. The van der Waals surface area contributed by atoms with Gasteiger partial charge in [0.2, 0.25) is 0 Å². The SMILES string of the molecule is CN(C)CC[C@H](CSc1ccccc1)Nc1cc(S(=O)(=O)NC(=O)c2ccc(N3CCC(C)(C)CC3)cc2)ccc1[N+](=O)[O-]. The van der Waals surface area contributed by atoms with Crippen LogP contribution in [0.4, 0.5) is 17.1 Å². The fraction of sp³-hybridized carbons (Fsp3) is 0.406. The molecule has 2 N–H and O–H groups in total. The second-order valence-electron chi connectivity index (χ2n) is 12.1. The van der Waals surface area contributed by atoms with E-state index in [0.717, 1.165) is 55.2 Å². The van der Waals surface area contributed by atoms with Crippen molar-refractivity contribution in [3.05, 3.63) is 88.5 Å². The molecule has 44 heavy (non-hydrogen) atoms. The number of sulfonamides is 1. The van der Waals surface area contributed by atoms with Gasteiger partial charge >= 0.3 is 0 Å². The molecule has 0 bridgehead atoms. The lowest BCUT2D eigenvalue weighted by Crippen LogP contribution is -2.37. The van der Waals surface area contributed by atoms with Crippen LogP contribution in [0.1, 0.15) is 43.5 Å². The van der Waals surface area contributed by atoms with Gasteiger partial charge in [-0.15, -0.1) is 11.8 Å². The Morgan fingerprint density at radius 3 is 2.32 bits per heavy atom. The molecule has 10 nitrogen and oxygen atoms in total. The Bertz CT molecular complexity index is 1540. The van der Waals surface area contributed by atoms with Gasteiger partial charge in [-0.2, -0.15) is 0 Å². The van der Waals surface area contributed by atoms with Crippen molar-refractivity contribution < 1.29 is 18.1 Å². The summed E-state index contributed by atoms with van der Waals surface area (Å²) in [5.41, 5.74) is 1.34. The molecule has 0 spiro atoms. The molecule has 3 aromatic carbocycles. The van der Waals surface area contributed by atoms with Gasteiger partial charge in [-0.1, -0.05) is 32.0 Å². The zero-order valence-electron chi connectivity index (χ0n) is 25.7. The molecule has 3 aromatic rings. The summed E-state index contributed by atoms with van der Waals surface area (Å²) in [4.78, 5) is 29.4. The van der Waals surface area contributed by atoms with Crippen molar-refractivity contribution in [1.82, 2.24) is 9.62 Å². The number of carbonyl (C=O) groups excluding carboxylic acids is 1. The van der Waals surface area contributed by atoms with Gasteiger partial charge in [-0.25, -0.2) is 13.1 Å². The number of carbonyl (C=O) groups is 1. The molecule has 1 aliphatic heterocycles. The highest BCUT2D eigenvalue weighted by Gasteiger charge is 2.27. The molecule has 12 heteroatoms. The lowest BCUT2D eigenvalue weighted by molar-refractivity contribution is -0.384. The molecule has 1 amide bonds. The maximum atomic E-state index is 13.3. The second kappa shape index (κ2) is 14.4. The lowest BCUT2D eigenvalue weighted by atomic mass is 9.82. The maximum absolute atomic E-state index is 13.3. The van der Waals surface area contributed by atoms with E-state index in [4.69, 9.17) is 0 Å². The van der Waals surface area contributed by atoms with Gasteiger partial charge in [0, 0.05) is 47.1 Å². The van der Waals surface area contributed by atoms with Crippen molar-refractivity contribution >= 4 is 44.8 Å². The van der Waals surface area contributed by atoms with Crippen LogP contribution < -0.4 is 14.9 Å². The minimum Gasteiger partial charge on any atom is -0.376 e. The summed E-state index contributed by atoms with van der Waals surface area (Å²) in [6.45, 7) is 7.09. The number of benzene rings is 3. The Hall–Kier alpha value is -3.61. The molecule has 0 aliphatic carbocycles. The van der Waals surface area contributed by atoms with Gasteiger partial charge in [0.05, 0.1) is 9.82 Å². The van der Waals surface area contributed by atoms with Crippen LogP contribution in [0.25, 0.3) is 0 Å². The maximum Gasteiger partial charge on any atom is 0.292 e. The van der Waals surface area contributed by atoms with Gasteiger partial charge in [-0.05, 0) is 93.8 Å². The van der Waals surface area contributed by atoms with Gasteiger partial charge < -0.3 is 15.1 Å². The molecule has 0 radical (unpaired) electrons. The summed E-state index contributed by atoms with van der Waals surface area (Å²) < 4.78 is 28.7. The highest BCUT2D eigenvalue weighted by atomic mass is 32.2. The number of piperidine rings is 1. The molecule has 1 saturated heterocycles. The van der Waals surface area contributed by atoms with E-state index >= 15 is 0 Å². The van der Waals surface area contributed by atoms with Gasteiger partial charge in [-0.3, -0.25) is 14.9 Å². The topological polar surface area (TPSA) is 125 Å². The zero-order valence-corrected chi connectivity index (χ0v) is 27.3. The molecular formula is C32H41N5O5S2. The first-order chi connectivity index (χ1) is 20.8. The van der Waals surface area contributed by atoms with Crippen molar-refractivity contribution in [1.29, 1.82) is 0 Å². The second-order valence-corrected chi connectivity index (χ2v) is 14.9. The average Bonchev–Trinajstić information content (AvgIpc) is 2.98. The van der Waals surface area contributed by atoms with E-state index in [-0.39, 0.29) is 27.9 Å². The quantitative estimate of drug-likeness (QED) is 0.134. The number of hydrogen-bond acceptors (Lipinski definition) is 9. The van der Waals surface area contributed by atoms with Crippen LogP contribution in [0.2, 0.25) is 0 Å². The molecule has 0 aromatic heterocycles. The third-order valence-electron chi connectivity index (χ3n) is 7.79. The third-order valence-corrected chi connectivity index (χ3v) is 10.3. The molecular weight excluding hydrogens is 599 g/mol. The van der Waals surface area contributed by atoms with E-state index in [0.29, 0.717) is 17.6 Å². The van der Waals surface area contributed by atoms with E-state index in [2.05, 4.69) is 28.8 Å². The Morgan fingerprint density at radius 2 is 1.70 bits per heavy atom. The number of nitrogens with zero attached hydrogens (tertiary/aromatic N) is 3. The summed E-state index contributed by atoms with van der Waals surface area (Å²) in [7, 11) is -0.427. The predicted octanol–water partition coefficient (Wildman–Crippen LogP) is 5.86. The van der Waals surface area contributed by atoms with Crippen LogP contribution >= 0.6 is 11.8 Å². The van der Waals surface area contributed by atoms with E-state index in [1.54, 1.807) is 23.9 Å². The largest absolute Gasteiger partial charge is 0.376 e. The van der Waals surface area contributed by atoms with Gasteiger partial charge in [0.1, 0.15) is 5.69 Å². The van der Waals surface area contributed by atoms with E-state index in [9.17, 15) is 23.3 Å². The van der Waals surface area contributed by atoms with Crippen LogP contribution in [-0.4, -0.2) is 69.7 Å². The highest BCUT2D eigenvalue weighted by molar-refractivity contribution is 7.99. The molecule has 0 saturated carbocycles. The fourth-order valence-corrected chi connectivity index (χ4v) is 6.93. The molecule has 236 valence electrons. The van der Waals surface area contributed by atoms with Crippen molar-refractivity contribution in [2.24, 2.45) is 5.41 Å². The number of hydrogen-bond donors (Lipinski definition) is 2. The van der Waals surface area contributed by atoms with Crippen LogP contribution in [0.3, 0.4) is 0 Å². The minimum absolute atomic E-state index is 0.0804. The minimum atomic E-state index is -4.32. The summed E-state index contributed by atoms with van der Waals surface area (Å²) in [5, 5.41) is 15.1. The number of thioether (sulfide) groups is 1. The van der Waals surface area contributed by atoms with Crippen LogP contribution in [0.15, 0.2) is 82.6 Å². The third kappa shape index (κ3) is 9.20. The Labute approximate surface area is 264 Å². The van der Waals surface area contributed by atoms with E-state index in [1.165, 1.54) is 6.07 Å². The number of amides is 1. The number of anilines is 2. The van der Waals surface area contributed by atoms with E-state index in [1.807, 2.05) is 61.5 Å². The molecule has 1 heterocycles. The first-order valence-electron chi connectivity index (χ1n) is 14.6. The smallest absolute Gasteiger partial charge is 0.292 e. The number of rotatable bonds is 13. The van der Waals surface area contributed by atoms with Gasteiger partial charge in [0.15, 0.2) is 0 Å². The number of nitro groups is 1. The van der Waals surface area contributed by atoms with E-state index < -0.39 is 20.9 Å². The van der Waals surface area contributed by atoms with Crippen LogP contribution in [-0.2, 0) is 10.0 Å². The standard InChI is InChI=1S/C32H41N5O5S2/c1-32(2)17-20-36(21-18-32)26-12-10-24(11-13-26)31(38)34-44(41,42)28-14-15-30(37(39)40)29(22-28)33-25(16-19-35(3)4)23-43-27-8-6-5-7-9-27/h5-15,22,25,33H,16-21,23H2,1-4H3,(H,34,38)/t25-/m1/s1. The lowest BCUT2D eigenvalue weighted by Gasteiger charge is -2.38. The monoisotopic (exact) mass is 639 g/mol. The Kier molecular flexibility index (Phi) is 10.9. The fourth-order valence-electron chi connectivity index (χ4n) is 4.94. The summed E-state index contributed by atoms with van der Waals surface area (Å²) >= 11 is 1.61. The molecule has 0 unspecified atom stereocenters. The Balaban J connectivity index is 1.49. The first-order valence-corrected chi connectivity index (χ1v) is 17.1.